The molecule has 7 heteroatoms. The van der Waals surface area contributed by atoms with Crippen LogP contribution < -0.4 is 10.1 Å². The van der Waals surface area contributed by atoms with E-state index in [9.17, 15) is 8.42 Å². The normalized spacial score (nSPS) is 12.0. The molecule has 0 aliphatic carbocycles. The van der Waals surface area contributed by atoms with Crippen molar-refractivity contribution in [1.29, 1.82) is 0 Å². The van der Waals surface area contributed by atoms with Crippen LogP contribution in [-0.4, -0.2) is 64.6 Å². The Morgan fingerprint density at radius 3 is 2.59 bits per heavy atom. The third-order valence-corrected chi connectivity index (χ3v) is 4.85. The molecule has 0 unspecified atom stereocenters. The van der Waals surface area contributed by atoms with Gasteiger partial charge in [0.2, 0.25) is 0 Å². The molecular weight excluding hydrogens is 302 g/mol. The summed E-state index contributed by atoms with van der Waals surface area (Å²) in [6, 6.07) is 9.60. The Kier molecular flexibility index (Phi) is 7.73. The molecule has 0 heterocycles. The van der Waals surface area contributed by atoms with Crippen molar-refractivity contribution in [2.75, 3.05) is 45.3 Å². The fourth-order valence-corrected chi connectivity index (χ4v) is 2.47. The third-order valence-electron chi connectivity index (χ3n) is 3.15. The molecule has 0 bridgehead atoms. The summed E-state index contributed by atoms with van der Waals surface area (Å²) in [6.07, 6.45) is 0. The summed E-state index contributed by atoms with van der Waals surface area (Å²) >= 11 is 0. The minimum Gasteiger partial charge on any atom is -0.492 e. The van der Waals surface area contributed by atoms with Gasteiger partial charge in [-0.05, 0) is 12.1 Å². The van der Waals surface area contributed by atoms with Crippen LogP contribution in [0.15, 0.2) is 35.3 Å². The van der Waals surface area contributed by atoms with Gasteiger partial charge in [0.25, 0.3) is 0 Å². The molecule has 22 heavy (non-hydrogen) atoms. The number of hydrogen-bond donors (Lipinski definition) is 1. The van der Waals surface area contributed by atoms with Crippen LogP contribution in [-0.2, 0) is 9.84 Å². The van der Waals surface area contributed by atoms with E-state index in [4.69, 9.17) is 4.74 Å². The summed E-state index contributed by atoms with van der Waals surface area (Å²) in [5.41, 5.74) is 0. The third kappa shape index (κ3) is 6.80. The summed E-state index contributed by atoms with van der Waals surface area (Å²) in [4.78, 5) is 6.04. The first kappa shape index (κ1) is 18.3. The van der Waals surface area contributed by atoms with Crippen molar-refractivity contribution in [3.05, 3.63) is 30.3 Å². The van der Waals surface area contributed by atoms with Gasteiger partial charge in [0.1, 0.15) is 12.4 Å². The van der Waals surface area contributed by atoms with E-state index in [0.717, 1.165) is 5.75 Å². The van der Waals surface area contributed by atoms with Gasteiger partial charge in [0.15, 0.2) is 15.8 Å². The van der Waals surface area contributed by atoms with Crippen molar-refractivity contribution in [2.24, 2.45) is 4.99 Å². The van der Waals surface area contributed by atoms with Gasteiger partial charge >= 0.3 is 0 Å². The Labute approximate surface area is 133 Å². The van der Waals surface area contributed by atoms with Crippen molar-refractivity contribution < 1.29 is 13.2 Å². The lowest BCUT2D eigenvalue weighted by Crippen LogP contribution is -2.42. The zero-order valence-corrected chi connectivity index (χ0v) is 14.3. The van der Waals surface area contributed by atoms with Gasteiger partial charge in [-0.1, -0.05) is 25.1 Å². The van der Waals surface area contributed by atoms with Crippen molar-refractivity contribution >= 4 is 15.8 Å². The highest BCUT2D eigenvalue weighted by Crippen LogP contribution is 2.07. The van der Waals surface area contributed by atoms with Crippen LogP contribution >= 0.6 is 0 Å². The maximum Gasteiger partial charge on any atom is 0.193 e. The van der Waals surface area contributed by atoms with Crippen molar-refractivity contribution in [3.8, 4) is 5.75 Å². The Balaban J connectivity index is 2.34. The fourth-order valence-electron chi connectivity index (χ4n) is 1.77. The van der Waals surface area contributed by atoms with Gasteiger partial charge in [0.05, 0.1) is 12.3 Å². The van der Waals surface area contributed by atoms with Crippen LogP contribution in [0.25, 0.3) is 0 Å². The number of aliphatic imine (C=N–C) groups is 1. The zero-order chi connectivity index (χ0) is 16.4. The number of nitrogens with one attached hydrogen (secondary N) is 1. The first-order valence-electron chi connectivity index (χ1n) is 7.28. The number of nitrogens with zero attached hydrogens (tertiary/aromatic N) is 2. The summed E-state index contributed by atoms with van der Waals surface area (Å²) in [5, 5.41) is 3.05. The van der Waals surface area contributed by atoms with Gasteiger partial charge in [-0.25, -0.2) is 8.42 Å². The van der Waals surface area contributed by atoms with E-state index in [1.165, 1.54) is 0 Å². The van der Waals surface area contributed by atoms with Gasteiger partial charge in [-0.15, -0.1) is 0 Å². The molecule has 6 nitrogen and oxygen atoms in total. The number of para-hydroxylation sites is 1. The number of sulfone groups is 1. The highest BCUT2D eigenvalue weighted by Gasteiger charge is 2.09. The molecule has 0 atom stereocenters. The molecule has 0 radical (unpaired) electrons. The van der Waals surface area contributed by atoms with Gasteiger partial charge < -0.3 is 15.0 Å². The minimum absolute atomic E-state index is 0.108. The average Bonchev–Trinajstić information content (AvgIpc) is 2.52. The number of benzene rings is 1. The second-order valence-corrected chi connectivity index (χ2v) is 7.27. The van der Waals surface area contributed by atoms with E-state index in [2.05, 4.69) is 10.3 Å². The molecule has 0 saturated carbocycles. The lowest BCUT2D eigenvalue weighted by molar-refractivity contribution is 0.281. The van der Waals surface area contributed by atoms with E-state index in [0.29, 0.717) is 25.7 Å². The largest absolute Gasteiger partial charge is 0.492 e. The number of hydrogen-bond acceptors (Lipinski definition) is 4. The van der Waals surface area contributed by atoms with Crippen molar-refractivity contribution in [2.45, 2.75) is 6.92 Å². The van der Waals surface area contributed by atoms with Crippen LogP contribution in [0.2, 0.25) is 0 Å². The molecule has 0 fully saturated rings. The van der Waals surface area contributed by atoms with Crippen molar-refractivity contribution in [1.82, 2.24) is 10.2 Å². The summed E-state index contributed by atoms with van der Waals surface area (Å²) in [5.74, 6) is 1.75. The maximum absolute atomic E-state index is 11.5. The van der Waals surface area contributed by atoms with Crippen LogP contribution in [0.3, 0.4) is 0 Å². The topological polar surface area (TPSA) is 71.0 Å². The Hall–Kier alpha value is -1.76. The summed E-state index contributed by atoms with van der Waals surface area (Å²) in [6.45, 7) is 3.17. The molecule has 0 amide bonds. The molecule has 0 spiro atoms. The molecule has 0 aliphatic heterocycles. The average molecular weight is 327 g/mol. The standard InChI is InChI=1S/C15H25N3O3S/c1-4-22(19,20)13-10-17-15(16-2)18(3)11-12-21-14-8-6-5-7-9-14/h5-9H,4,10-13H2,1-3H3,(H,16,17). The minimum atomic E-state index is -2.96. The van der Waals surface area contributed by atoms with Gasteiger partial charge in [0, 0.05) is 26.4 Å². The molecule has 1 aromatic carbocycles. The molecular formula is C15H25N3O3S. The van der Waals surface area contributed by atoms with E-state index < -0.39 is 9.84 Å². The summed E-state index contributed by atoms with van der Waals surface area (Å²) in [7, 11) is 0.596. The summed E-state index contributed by atoms with van der Waals surface area (Å²) < 4.78 is 28.5. The highest BCUT2D eigenvalue weighted by atomic mass is 32.2. The van der Waals surface area contributed by atoms with E-state index in [-0.39, 0.29) is 11.5 Å². The molecule has 1 N–H and O–H groups in total. The van der Waals surface area contributed by atoms with Gasteiger partial charge in [-0.3, -0.25) is 4.99 Å². The first-order valence-corrected chi connectivity index (χ1v) is 9.10. The van der Waals surface area contributed by atoms with E-state index >= 15 is 0 Å². The van der Waals surface area contributed by atoms with Crippen LogP contribution in [0.4, 0.5) is 0 Å². The SMILES string of the molecule is CCS(=O)(=O)CCNC(=NC)N(C)CCOc1ccccc1. The quantitative estimate of drug-likeness (QED) is 0.570. The Bertz CT molecular complexity index is 559. The zero-order valence-electron chi connectivity index (χ0n) is 13.4. The lowest BCUT2D eigenvalue weighted by Gasteiger charge is -2.22. The second-order valence-electron chi connectivity index (χ2n) is 4.79. The number of rotatable bonds is 8. The predicted octanol–water partition coefficient (Wildman–Crippen LogP) is 1.01. The van der Waals surface area contributed by atoms with Crippen LogP contribution in [0.5, 0.6) is 5.75 Å². The molecule has 1 rings (SSSR count). The van der Waals surface area contributed by atoms with Crippen LogP contribution in [0.1, 0.15) is 6.92 Å². The molecule has 1 aromatic rings. The molecule has 124 valence electrons. The first-order chi connectivity index (χ1) is 10.5. The monoisotopic (exact) mass is 327 g/mol. The fraction of sp³-hybridized carbons (Fsp3) is 0.533. The predicted molar refractivity (Wildman–Crippen MR) is 90.3 cm³/mol. The van der Waals surface area contributed by atoms with Gasteiger partial charge in [-0.2, -0.15) is 0 Å². The van der Waals surface area contributed by atoms with Crippen LogP contribution in [0, 0.1) is 0 Å². The van der Waals surface area contributed by atoms with E-state index in [1.54, 1.807) is 14.0 Å². The Morgan fingerprint density at radius 2 is 2.00 bits per heavy atom. The highest BCUT2D eigenvalue weighted by molar-refractivity contribution is 7.91. The Morgan fingerprint density at radius 1 is 1.32 bits per heavy atom. The number of likely N-dealkylation sites (N-methyl/N-ethyl adjacent to an activating group) is 1. The molecule has 0 saturated heterocycles. The van der Waals surface area contributed by atoms with E-state index in [1.807, 2.05) is 42.3 Å². The number of guanidine groups is 1. The second kappa shape index (κ2) is 9.30. The van der Waals surface area contributed by atoms with Crippen molar-refractivity contribution in [3.63, 3.8) is 0 Å². The molecule has 0 aromatic heterocycles. The lowest BCUT2D eigenvalue weighted by atomic mass is 10.3. The smallest absolute Gasteiger partial charge is 0.193 e. The maximum atomic E-state index is 11.5. The number of ether oxygens (including phenoxy) is 1. The molecule has 0 aliphatic rings.